The topological polar surface area (TPSA) is 20.2 Å². The molecule has 0 atom stereocenters. The minimum atomic E-state index is 0.0601. The lowest BCUT2D eigenvalue weighted by Gasteiger charge is -1.98. The summed E-state index contributed by atoms with van der Waals surface area (Å²) in [6, 6.07) is 6.27. The third kappa shape index (κ3) is 1.72. The molecule has 4 heteroatoms. The van der Waals surface area contributed by atoms with Gasteiger partial charge in [0.1, 0.15) is 0 Å². The SMILES string of the molecule is OCc1c(S)sc2ccc(CBr)cc12. The van der Waals surface area contributed by atoms with Gasteiger partial charge >= 0.3 is 0 Å². The van der Waals surface area contributed by atoms with E-state index in [9.17, 15) is 5.11 Å². The van der Waals surface area contributed by atoms with E-state index in [2.05, 4.69) is 46.8 Å². The summed E-state index contributed by atoms with van der Waals surface area (Å²) in [5, 5.41) is 11.2. The number of benzene rings is 1. The molecule has 0 spiro atoms. The van der Waals surface area contributed by atoms with Crippen LogP contribution in [0.5, 0.6) is 0 Å². The van der Waals surface area contributed by atoms with Gasteiger partial charge in [-0.3, -0.25) is 0 Å². The van der Waals surface area contributed by atoms with E-state index < -0.39 is 0 Å². The highest BCUT2D eigenvalue weighted by molar-refractivity contribution is 9.08. The van der Waals surface area contributed by atoms with Crippen molar-refractivity contribution >= 4 is 50.0 Å². The molecule has 1 nitrogen and oxygen atoms in total. The van der Waals surface area contributed by atoms with Gasteiger partial charge in [0.2, 0.25) is 0 Å². The highest BCUT2D eigenvalue weighted by atomic mass is 79.9. The molecular weight excluding hydrogens is 280 g/mol. The number of fused-ring (bicyclic) bond motifs is 1. The Morgan fingerprint density at radius 1 is 1.43 bits per heavy atom. The predicted octanol–water partition coefficient (Wildman–Crippen LogP) is 3.58. The van der Waals surface area contributed by atoms with Crippen molar-refractivity contribution in [3.05, 3.63) is 29.3 Å². The normalized spacial score (nSPS) is 11.1. The second-order valence-corrected chi connectivity index (χ2v) is 5.37. The Labute approximate surface area is 100 Å². The fraction of sp³-hybridized carbons (Fsp3) is 0.200. The minimum Gasteiger partial charge on any atom is -0.392 e. The van der Waals surface area contributed by atoms with Crippen molar-refractivity contribution in [1.29, 1.82) is 0 Å². The van der Waals surface area contributed by atoms with E-state index in [-0.39, 0.29) is 6.61 Å². The molecule has 74 valence electrons. The molecular formula is C10H9BrOS2. The maximum absolute atomic E-state index is 9.21. The zero-order chi connectivity index (χ0) is 10.1. The van der Waals surface area contributed by atoms with E-state index in [1.807, 2.05) is 0 Å². The largest absolute Gasteiger partial charge is 0.392 e. The zero-order valence-electron chi connectivity index (χ0n) is 7.33. The number of aliphatic hydroxyl groups excluding tert-OH is 1. The first-order chi connectivity index (χ1) is 6.76. The van der Waals surface area contributed by atoms with Crippen molar-refractivity contribution in [3.63, 3.8) is 0 Å². The summed E-state index contributed by atoms with van der Waals surface area (Å²) >= 11 is 9.38. The summed E-state index contributed by atoms with van der Waals surface area (Å²) in [7, 11) is 0. The third-order valence-corrected chi connectivity index (χ3v) is 4.35. The van der Waals surface area contributed by atoms with Crippen LogP contribution in [0.1, 0.15) is 11.1 Å². The number of halogens is 1. The standard InChI is InChI=1S/C10H9BrOS2/c11-4-6-1-2-9-7(3-6)8(5-12)10(13)14-9/h1-3,12-13H,4-5H2. The molecule has 1 N–H and O–H groups in total. The molecule has 1 heterocycles. The lowest BCUT2D eigenvalue weighted by molar-refractivity contribution is 0.281. The molecule has 2 rings (SSSR count). The molecule has 0 radical (unpaired) electrons. The molecule has 14 heavy (non-hydrogen) atoms. The average molecular weight is 289 g/mol. The van der Waals surface area contributed by atoms with Crippen LogP contribution >= 0.6 is 39.9 Å². The van der Waals surface area contributed by atoms with Crippen LogP contribution in [0.15, 0.2) is 22.4 Å². The van der Waals surface area contributed by atoms with Crippen molar-refractivity contribution in [3.8, 4) is 0 Å². The molecule has 0 fully saturated rings. The lowest BCUT2D eigenvalue weighted by Crippen LogP contribution is -1.82. The van der Waals surface area contributed by atoms with Crippen LogP contribution in [0.2, 0.25) is 0 Å². The quantitative estimate of drug-likeness (QED) is 0.639. The summed E-state index contributed by atoms with van der Waals surface area (Å²) in [6.45, 7) is 0.0601. The Bertz CT molecular complexity index is 464. The van der Waals surface area contributed by atoms with Crippen molar-refractivity contribution < 1.29 is 5.11 Å². The van der Waals surface area contributed by atoms with Crippen molar-refractivity contribution in [2.45, 2.75) is 16.1 Å². The lowest BCUT2D eigenvalue weighted by atomic mass is 10.1. The Hall–Kier alpha value is -0.0300. The summed E-state index contributed by atoms with van der Waals surface area (Å²) in [6.07, 6.45) is 0. The van der Waals surface area contributed by atoms with Crippen molar-refractivity contribution in [1.82, 2.24) is 0 Å². The number of hydrogen-bond acceptors (Lipinski definition) is 3. The van der Waals surface area contributed by atoms with Crippen LogP contribution in [0.3, 0.4) is 0 Å². The first kappa shape index (κ1) is 10.5. The van der Waals surface area contributed by atoms with Gasteiger partial charge in [0.25, 0.3) is 0 Å². The van der Waals surface area contributed by atoms with Crippen LogP contribution in [-0.2, 0) is 11.9 Å². The smallest absolute Gasteiger partial charge is 0.0707 e. The van der Waals surface area contributed by atoms with Gasteiger partial charge in [-0.15, -0.1) is 24.0 Å². The summed E-state index contributed by atoms with van der Waals surface area (Å²) in [5.74, 6) is 0. The van der Waals surface area contributed by atoms with Gasteiger partial charge in [-0.1, -0.05) is 22.0 Å². The van der Waals surface area contributed by atoms with Gasteiger partial charge in [-0.05, 0) is 23.1 Å². The van der Waals surface area contributed by atoms with Crippen LogP contribution in [0.4, 0.5) is 0 Å². The first-order valence-corrected chi connectivity index (χ1v) is 6.55. The minimum absolute atomic E-state index is 0.0601. The highest BCUT2D eigenvalue weighted by Gasteiger charge is 2.08. The van der Waals surface area contributed by atoms with E-state index in [4.69, 9.17) is 0 Å². The molecule has 0 bridgehead atoms. The van der Waals surface area contributed by atoms with Crippen LogP contribution < -0.4 is 0 Å². The number of thiol groups is 1. The number of hydrogen-bond donors (Lipinski definition) is 2. The monoisotopic (exact) mass is 288 g/mol. The number of alkyl halides is 1. The second kappa shape index (κ2) is 4.23. The summed E-state index contributed by atoms with van der Waals surface area (Å²) in [4.78, 5) is 0. The van der Waals surface area contributed by atoms with Crippen LogP contribution in [0.25, 0.3) is 10.1 Å². The van der Waals surface area contributed by atoms with Crippen LogP contribution in [0, 0.1) is 0 Å². The van der Waals surface area contributed by atoms with E-state index in [1.54, 1.807) is 11.3 Å². The van der Waals surface area contributed by atoms with Gasteiger partial charge in [0.05, 0.1) is 10.8 Å². The Kier molecular flexibility index (Phi) is 3.17. The molecule has 0 amide bonds. The van der Waals surface area contributed by atoms with Crippen molar-refractivity contribution in [2.75, 3.05) is 0 Å². The number of thiophene rings is 1. The molecule has 0 aliphatic carbocycles. The van der Waals surface area contributed by atoms with E-state index >= 15 is 0 Å². The molecule has 2 aromatic rings. The van der Waals surface area contributed by atoms with Gasteiger partial charge in [0, 0.05) is 15.6 Å². The van der Waals surface area contributed by atoms with Gasteiger partial charge in [-0.25, -0.2) is 0 Å². The van der Waals surface area contributed by atoms with Gasteiger partial charge in [0.15, 0.2) is 0 Å². The Morgan fingerprint density at radius 2 is 2.21 bits per heavy atom. The summed E-state index contributed by atoms with van der Waals surface area (Å²) < 4.78 is 2.10. The average Bonchev–Trinajstić information content (AvgIpc) is 2.52. The van der Waals surface area contributed by atoms with E-state index in [1.165, 1.54) is 10.3 Å². The fourth-order valence-corrected chi connectivity index (χ4v) is 3.19. The van der Waals surface area contributed by atoms with Crippen LogP contribution in [-0.4, -0.2) is 5.11 Å². The maximum atomic E-state index is 9.21. The van der Waals surface area contributed by atoms with E-state index in [0.29, 0.717) is 0 Å². The van der Waals surface area contributed by atoms with Gasteiger partial charge in [-0.2, -0.15) is 0 Å². The van der Waals surface area contributed by atoms with Crippen molar-refractivity contribution in [2.24, 2.45) is 0 Å². The predicted molar refractivity (Wildman–Crippen MR) is 67.6 cm³/mol. The van der Waals surface area contributed by atoms with Gasteiger partial charge < -0.3 is 5.11 Å². The zero-order valence-corrected chi connectivity index (χ0v) is 10.6. The molecule has 0 unspecified atom stereocenters. The van der Waals surface area contributed by atoms with E-state index in [0.717, 1.165) is 20.5 Å². The summed E-state index contributed by atoms with van der Waals surface area (Å²) in [5.41, 5.74) is 2.16. The molecule has 0 saturated carbocycles. The molecule has 0 aliphatic rings. The Balaban J connectivity index is 2.71. The first-order valence-electron chi connectivity index (χ1n) is 4.16. The molecule has 1 aromatic carbocycles. The Morgan fingerprint density at radius 3 is 2.86 bits per heavy atom. The molecule has 0 aliphatic heterocycles. The molecule has 0 saturated heterocycles. The maximum Gasteiger partial charge on any atom is 0.0707 e. The second-order valence-electron chi connectivity index (χ2n) is 3.01. The number of aliphatic hydroxyl groups is 1. The molecule has 1 aromatic heterocycles. The highest BCUT2D eigenvalue weighted by Crippen LogP contribution is 2.34. The fourth-order valence-electron chi connectivity index (χ4n) is 1.42. The third-order valence-electron chi connectivity index (χ3n) is 2.15. The number of rotatable bonds is 2.